The third-order valence-electron chi connectivity index (χ3n) is 4.45. The fourth-order valence-electron chi connectivity index (χ4n) is 3.10. The second-order valence-corrected chi connectivity index (χ2v) is 7.47. The summed E-state index contributed by atoms with van der Waals surface area (Å²) in [4.78, 5) is 19.8. The first-order chi connectivity index (χ1) is 14.7. The van der Waals surface area contributed by atoms with E-state index < -0.39 is 0 Å². The molecule has 0 aliphatic heterocycles. The van der Waals surface area contributed by atoms with Gasteiger partial charge in [0, 0.05) is 5.56 Å². The van der Waals surface area contributed by atoms with Gasteiger partial charge in [0.2, 0.25) is 0 Å². The molecule has 0 bridgehead atoms. The molecule has 0 saturated carbocycles. The van der Waals surface area contributed by atoms with Crippen molar-refractivity contribution >= 4 is 32.6 Å². The van der Waals surface area contributed by atoms with Crippen molar-refractivity contribution < 1.29 is 18.7 Å². The van der Waals surface area contributed by atoms with Crippen LogP contribution in [-0.4, -0.2) is 24.1 Å². The van der Waals surface area contributed by atoms with Crippen LogP contribution in [0, 0.1) is 0 Å². The third-order valence-corrected chi connectivity index (χ3v) is 5.50. The molecular weight excluding hydrogens is 400 g/mol. The van der Waals surface area contributed by atoms with Gasteiger partial charge >= 0.3 is 0 Å². The van der Waals surface area contributed by atoms with E-state index in [0.29, 0.717) is 35.4 Å². The van der Waals surface area contributed by atoms with Gasteiger partial charge in [0.15, 0.2) is 5.13 Å². The predicted molar refractivity (Wildman–Crippen MR) is 118 cm³/mol. The lowest BCUT2D eigenvalue weighted by molar-refractivity contribution is 0.0983. The number of ether oxygens (including phenoxy) is 2. The molecule has 30 heavy (non-hydrogen) atoms. The van der Waals surface area contributed by atoms with E-state index in [-0.39, 0.29) is 12.5 Å². The largest absolute Gasteiger partial charge is 0.494 e. The van der Waals surface area contributed by atoms with E-state index in [0.717, 1.165) is 16.0 Å². The molecule has 0 saturated heterocycles. The van der Waals surface area contributed by atoms with Crippen molar-refractivity contribution in [2.24, 2.45) is 0 Å². The molecule has 154 valence electrons. The number of para-hydroxylation sites is 1. The van der Waals surface area contributed by atoms with E-state index in [1.54, 1.807) is 41.5 Å². The number of aromatic nitrogens is 1. The number of amides is 1. The van der Waals surface area contributed by atoms with Crippen molar-refractivity contribution in [3.05, 3.63) is 72.2 Å². The Labute approximate surface area is 178 Å². The van der Waals surface area contributed by atoms with Gasteiger partial charge in [-0.1, -0.05) is 17.4 Å². The highest BCUT2D eigenvalue weighted by atomic mass is 32.1. The molecule has 4 rings (SSSR count). The van der Waals surface area contributed by atoms with Gasteiger partial charge in [-0.25, -0.2) is 4.98 Å². The van der Waals surface area contributed by atoms with E-state index in [4.69, 9.17) is 18.9 Å². The molecule has 2 aromatic heterocycles. The molecule has 0 aliphatic rings. The summed E-state index contributed by atoms with van der Waals surface area (Å²) in [7, 11) is 0. The molecule has 0 aliphatic carbocycles. The Balaban J connectivity index is 1.72. The molecule has 0 fully saturated rings. The van der Waals surface area contributed by atoms with E-state index in [1.807, 2.05) is 38.1 Å². The molecule has 1 amide bonds. The first-order valence-electron chi connectivity index (χ1n) is 9.79. The van der Waals surface area contributed by atoms with Crippen molar-refractivity contribution in [3.8, 4) is 11.5 Å². The smallest absolute Gasteiger partial charge is 0.260 e. The topological polar surface area (TPSA) is 64.8 Å². The fraction of sp³-hybridized carbons (Fsp3) is 0.217. The van der Waals surface area contributed by atoms with Gasteiger partial charge in [-0.15, -0.1) is 0 Å². The molecule has 0 atom stereocenters. The van der Waals surface area contributed by atoms with Gasteiger partial charge in [-0.05, 0) is 62.4 Å². The maximum Gasteiger partial charge on any atom is 0.260 e. The summed E-state index contributed by atoms with van der Waals surface area (Å²) in [6.45, 7) is 5.26. The molecule has 4 aromatic rings. The van der Waals surface area contributed by atoms with Crippen LogP contribution in [-0.2, 0) is 6.54 Å². The first-order valence-corrected chi connectivity index (χ1v) is 10.6. The first kappa shape index (κ1) is 20.0. The minimum atomic E-state index is -0.161. The molecule has 0 spiro atoms. The number of furan rings is 1. The molecule has 6 nitrogen and oxygen atoms in total. The minimum Gasteiger partial charge on any atom is -0.494 e. The summed E-state index contributed by atoms with van der Waals surface area (Å²) >= 11 is 1.45. The zero-order valence-corrected chi connectivity index (χ0v) is 17.6. The van der Waals surface area contributed by atoms with Crippen molar-refractivity contribution in [3.63, 3.8) is 0 Å². The Morgan fingerprint density at radius 2 is 1.83 bits per heavy atom. The average Bonchev–Trinajstić information content (AvgIpc) is 3.43. The predicted octanol–water partition coefficient (Wildman–Crippen LogP) is 5.53. The molecule has 2 heterocycles. The van der Waals surface area contributed by atoms with Crippen LogP contribution in [0.5, 0.6) is 11.5 Å². The molecule has 7 heteroatoms. The van der Waals surface area contributed by atoms with Crippen LogP contribution in [0.15, 0.2) is 65.3 Å². The van der Waals surface area contributed by atoms with Gasteiger partial charge < -0.3 is 13.9 Å². The number of hydrogen-bond acceptors (Lipinski definition) is 6. The lowest BCUT2D eigenvalue weighted by Crippen LogP contribution is -2.30. The number of rotatable bonds is 8. The standard InChI is InChI=1S/C23H22N2O4S/c1-3-27-17-12-10-16(11-13-17)22(26)25(15-18-7-6-14-29-18)23-24-21-19(28-4-2)8-5-9-20(21)30-23/h5-14H,3-4,15H2,1-2H3. The zero-order valence-electron chi connectivity index (χ0n) is 16.8. The Bertz CT molecular complexity index is 1120. The summed E-state index contributed by atoms with van der Waals surface area (Å²) in [5.41, 5.74) is 1.30. The van der Waals surface area contributed by atoms with Crippen molar-refractivity contribution in [2.75, 3.05) is 18.1 Å². The lowest BCUT2D eigenvalue weighted by Gasteiger charge is -2.19. The number of hydrogen-bond donors (Lipinski definition) is 0. The maximum absolute atomic E-state index is 13.4. The SMILES string of the molecule is CCOc1ccc(C(=O)N(Cc2ccco2)c2nc3c(OCC)cccc3s2)cc1. The average molecular weight is 423 g/mol. The molecular formula is C23H22N2O4S. The fourth-order valence-corrected chi connectivity index (χ4v) is 4.08. The van der Waals surface area contributed by atoms with Crippen molar-refractivity contribution in [2.45, 2.75) is 20.4 Å². The third kappa shape index (κ3) is 4.16. The summed E-state index contributed by atoms with van der Waals surface area (Å²) < 4.78 is 17.6. The van der Waals surface area contributed by atoms with E-state index in [2.05, 4.69) is 0 Å². The second-order valence-electron chi connectivity index (χ2n) is 6.46. The van der Waals surface area contributed by atoms with Crippen LogP contribution in [0.4, 0.5) is 5.13 Å². The highest BCUT2D eigenvalue weighted by Crippen LogP contribution is 2.35. The van der Waals surface area contributed by atoms with E-state index >= 15 is 0 Å². The van der Waals surface area contributed by atoms with Gasteiger partial charge in [0.05, 0.1) is 30.7 Å². The number of thiazole rings is 1. The molecule has 0 unspecified atom stereocenters. The summed E-state index contributed by atoms with van der Waals surface area (Å²) in [5, 5.41) is 0.590. The van der Waals surface area contributed by atoms with Crippen LogP contribution in [0.1, 0.15) is 30.0 Å². The van der Waals surface area contributed by atoms with Crippen LogP contribution in [0.3, 0.4) is 0 Å². The van der Waals surface area contributed by atoms with Crippen LogP contribution >= 0.6 is 11.3 Å². The zero-order chi connectivity index (χ0) is 20.9. The minimum absolute atomic E-state index is 0.161. The van der Waals surface area contributed by atoms with Gasteiger partial charge in [-0.3, -0.25) is 9.69 Å². The van der Waals surface area contributed by atoms with Crippen molar-refractivity contribution in [1.82, 2.24) is 4.98 Å². The van der Waals surface area contributed by atoms with Crippen molar-refractivity contribution in [1.29, 1.82) is 0 Å². The van der Waals surface area contributed by atoms with E-state index in [9.17, 15) is 4.79 Å². The number of carbonyl (C=O) groups excluding carboxylic acids is 1. The highest BCUT2D eigenvalue weighted by molar-refractivity contribution is 7.22. The molecule has 0 N–H and O–H groups in total. The monoisotopic (exact) mass is 422 g/mol. The summed E-state index contributed by atoms with van der Waals surface area (Å²) in [6, 6.07) is 16.6. The van der Waals surface area contributed by atoms with E-state index in [1.165, 1.54) is 11.3 Å². The molecule has 2 aromatic carbocycles. The summed E-state index contributed by atoms with van der Waals surface area (Å²) in [5.74, 6) is 1.96. The quantitative estimate of drug-likeness (QED) is 0.373. The van der Waals surface area contributed by atoms with Crippen LogP contribution in [0.2, 0.25) is 0 Å². The number of nitrogens with zero attached hydrogens (tertiary/aromatic N) is 2. The van der Waals surface area contributed by atoms with Gasteiger partial charge in [0.1, 0.15) is 22.8 Å². The number of carbonyl (C=O) groups is 1. The summed E-state index contributed by atoms with van der Waals surface area (Å²) in [6.07, 6.45) is 1.60. The highest BCUT2D eigenvalue weighted by Gasteiger charge is 2.23. The Kier molecular flexibility index (Phi) is 5.99. The lowest BCUT2D eigenvalue weighted by atomic mass is 10.2. The Morgan fingerprint density at radius 3 is 2.53 bits per heavy atom. The molecule has 0 radical (unpaired) electrons. The second kappa shape index (κ2) is 9.00. The Morgan fingerprint density at radius 1 is 1.03 bits per heavy atom. The number of fused-ring (bicyclic) bond motifs is 1. The maximum atomic E-state index is 13.4. The van der Waals surface area contributed by atoms with Gasteiger partial charge in [0.25, 0.3) is 5.91 Å². The van der Waals surface area contributed by atoms with Crippen LogP contribution in [0.25, 0.3) is 10.2 Å². The number of benzene rings is 2. The Hall–Kier alpha value is -3.32. The number of anilines is 1. The van der Waals surface area contributed by atoms with Crippen LogP contribution < -0.4 is 14.4 Å². The normalized spacial score (nSPS) is 10.9. The van der Waals surface area contributed by atoms with Gasteiger partial charge in [-0.2, -0.15) is 0 Å².